The lowest BCUT2D eigenvalue weighted by Crippen LogP contribution is -2.11. The molecule has 0 amide bonds. The van der Waals surface area contributed by atoms with Crippen molar-refractivity contribution < 1.29 is 18.3 Å². The molecule has 0 aliphatic rings. The molecule has 1 heterocycles. The van der Waals surface area contributed by atoms with E-state index in [0.29, 0.717) is 12.1 Å². The van der Waals surface area contributed by atoms with Crippen molar-refractivity contribution in [3.63, 3.8) is 0 Å². The smallest absolute Gasteiger partial charge is 0.390 e. The van der Waals surface area contributed by atoms with Gasteiger partial charge in [-0.05, 0) is 35.2 Å². The molecule has 0 aliphatic heterocycles. The Morgan fingerprint density at radius 2 is 1.67 bits per heavy atom. The zero-order valence-corrected chi connectivity index (χ0v) is 12.8. The van der Waals surface area contributed by atoms with Gasteiger partial charge in [-0.2, -0.15) is 13.2 Å². The normalized spacial score (nSPS) is 11.8. The molecule has 1 N–H and O–H groups in total. The first-order chi connectivity index (χ1) is 11.4. The lowest BCUT2D eigenvalue weighted by molar-refractivity contribution is -0.127. The number of nitrogens with zero attached hydrogens (tertiary/aromatic N) is 1. The predicted octanol–water partition coefficient (Wildman–Crippen LogP) is 4.42. The van der Waals surface area contributed by atoms with Gasteiger partial charge in [-0.1, -0.05) is 42.5 Å². The van der Waals surface area contributed by atoms with Crippen LogP contribution in [-0.4, -0.2) is 16.3 Å². The third kappa shape index (κ3) is 3.92. The van der Waals surface area contributed by atoms with E-state index in [1.165, 1.54) is 6.07 Å². The van der Waals surface area contributed by atoms with Crippen molar-refractivity contribution >= 4 is 10.9 Å². The maximum absolute atomic E-state index is 12.6. The average Bonchev–Trinajstić information content (AvgIpc) is 2.53. The van der Waals surface area contributed by atoms with Gasteiger partial charge < -0.3 is 5.11 Å². The number of pyridine rings is 1. The molecule has 0 saturated carbocycles. The van der Waals surface area contributed by atoms with Gasteiger partial charge in [-0.3, -0.25) is 4.98 Å². The number of aliphatic hydroxyl groups is 1. The van der Waals surface area contributed by atoms with Gasteiger partial charge in [-0.15, -0.1) is 0 Å². The summed E-state index contributed by atoms with van der Waals surface area (Å²) in [7, 11) is 0. The topological polar surface area (TPSA) is 33.1 Å². The Morgan fingerprint density at radius 3 is 2.42 bits per heavy atom. The minimum absolute atomic E-state index is 0.206. The second-order valence-corrected chi connectivity index (χ2v) is 5.73. The summed E-state index contributed by atoms with van der Waals surface area (Å²) < 4.78 is 37.7. The SMILES string of the molecule is OCc1nc2ccccc2cc1Cc1cccc(CC(F)(F)F)c1. The molecule has 0 saturated heterocycles. The number of hydrogen-bond acceptors (Lipinski definition) is 2. The summed E-state index contributed by atoms with van der Waals surface area (Å²) in [5.74, 6) is 0. The zero-order valence-electron chi connectivity index (χ0n) is 12.8. The van der Waals surface area contributed by atoms with Gasteiger partial charge in [0.25, 0.3) is 0 Å². The molecule has 0 fully saturated rings. The number of para-hydroxylation sites is 1. The number of rotatable bonds is 4. The Hall–Kier alpha value is -2.40. The second-order valence-electron chi connectivity index (χ2n) is 5.73. The number of fused-ring (bicyclic) bond motifs is 1. The maximum atomic E-state index is 12.6. The zero-order chi connectivity index (χ0) is 17.2. The van der Waals surface area contributed by atoms with Crippen LogP contribution in [0.25, 0.3) is 10.9 Å². The van der Waals surface area contributed by atoms with Gasteiger partial charge in [-0.25, -0.2) is 0 Å². The average molecular weight is 331 g/mol. The van der Waals surface area contributed by atoms with E-state index in [0.717, 1.165) is 22.0 Å². The molecule has 0 unspecified atom stereocenters. The van der Waals surface area contributed by atoms with Crippen LogP contribution in [0.1, 0.15) is 22.4 Å². The van der Waals surface area contributed by atoms with Gasteiger partial charge in [0.05, 0.1) is 24.2 Å². The van der Waals surface area contributed by atoms with Crippen LogP contribution in [0.15, 0.2) is 54.6 Å². The third-order valence-electron chi connectivity index (χ3n) is 3.83. The van der Waals surface area contributed by atoms with Crippen molar-refractivity contribution in [3.8, 4) is 0 Å². The summed E-state index contributed by atoms with van der Waals surface area (Å²) >= 11 is 0. The lowest BCUT2D eigenvalue weighted by atomic mass is 9.99. The number of alkyl halides is 3. The summed E-state index contributed by atoms with van der Waals surface area (Å²) in [5, 5.41) is 10.5. The number of benzene rings is 2. The van der Waals surface area contributed by atoms with E-state index in [4.69, 9.17) is 0 Å². The number of aliphatic hydroxyl groups excluding tert-OH is 1. The molecule has 0 atom stereocenters. The Labute approximate surface area is 137 Å². The van der Waals surface area contributed by atoms with Crippen LogP contribution in [0, 0.1) is 0 Å². The van der Waals surface area contributed by atoms with Crippen LogP contribution in [0.2, 0.25) is 0 Å². The number of hydrogen-bond donors (Lipinski definition) is 1. The van der Waals surface area contributed by atoms with Crippen molar-refractivity contribution in [2.24, 2.45) is 0 Å². The van der Waals surface area contributed by atoms with Crippen LogP contribution in [-0.2, 0) is 19.4 Å². The van der Waals surface area contributed by atoms with E-state index >= 15 is 0 Å². The molecule has 5 heteroatoms. The lowest BCUT2D eigenvalue weighted by Gasteiger charge is -2.11. The number of halogens is 3. The van der Waals surface area contributed by atoms with Crippen LogP contribution in [0.5, 0.6) is 0 Å². The van der Waals surface area contributed by atoms with Crippen LogP contribution in [0.3, 0.4) is 0 Å². The monoisotopic (exact) mass is 331 g/mol. The van der Waals surface area contributed by atoms with E-state index in [1.807, 2.05) is 30.3 Å². The first-order valence-electron chi connectivity index (χ1n) is 7.57. The van der Waals surface area contributed by atoms with Crippen molar-refractivity contribution in [1.82, 2.24) is 4.98 Å². The van der Waals surface area contributed by atoms with Crippen molar-refractivity contribution in [1.29, 1.82) is 0 Å². The van der Waals surface area contributed by atoms with E-state index < -0.39 is 12.6 Å². The van der Waals surface area contributed by atoms with Gasteiger partial charge in [0.2, 0.25) is 0 Å². The third-order valence-corrected chi connectivity index (χ3v) is 3.83. The largest absolute Gasteiger partial charge is 0.393 e. The van der Waals surface area contributed by atoms with Crippen molar-refractivity contribution in [2.75, 3.05) is 0 Å². The highest BCUT2D eigenvalue weighted by molar-refractivity contribution is 5.79. The Bertz CT molecular complexity index is 859. The summed E-state index contributed by atoms with van der Waals surface area (Å²) in [6.45, 7) is -0.206. The molecule has 2 aromatic carbocycles. The highest BCUT2D eigenvalue weighted by atomic mass is 19.4. The fraction of sp³-hybridized carbons (Fsp3) is 0.211. The highest BCUT2D eigenvalue weighted by Gasteiger charge is 2.27. The summed E-state index contributed by atoms with van der Waals surface area (Å²) in [6, 6.07) is 15.9. The maximum Gasteiger partial charge on any atom is 0.393 e. The molecule has 3 rings (SSSR count). The van der Waals surface area contributed by atoms with Gasteiger partial charge in [0, 0.05) is 5.39 Å². The Balaban J connectivity index is 1.93. The molecule has 124 valence electrons. The van der Waals surface area contributed by atoms with Gasteiger partial charge in [0.15, 0.2) is 0 Å². The van der Waals surface area contributed by atoms with E-state index in [9.17, 15) is 18.3 Å². The van der Waals surface area contributed by atoms with Crippen LogP contribution in [0.4, 0.5) is 13.2 Å². The van der Waals surface area contributed by atoms with Crippen LogP contribution < -0.4 is 0 Å². The minimum atomic E-state index is -4.22. The van der Waals surface area contributed by atoms with Crippen molar-refractivity contribution in [2.45, 2.75) is 25.6 Å². The van der Waals surface area contributed by atoms with Crippen LogP contribution >= 0.6 is 0 Å². The second kappa shape index (κ2) is 6.61. The van der Waals surface area contributed by atoms with E-state index in [1.54, 1.807) is 18.2 Å². The Kier molecular flexibility index (Phi) is 4.53. The molecule has 2 nitrogen and oxygen atoms in total. The predicted molar refractivity (Wildman–Crippen MR) is 86.7 cm³/mol. The molecular weight excluding hydrogens is 315 g/mol. The fourth-order valence-electron chi connectivity index (χ4n) is 2.79. The summed E-state index contributed by atoms with van der Waals surface area (Å²) in [4.78, 5) is 4.44. The molecule has 24 heavy (non-hydrogen) atoms. The van der Waals surface area contributed by atoms with E-state index in [-0.39, 0.29) is 12.2 Å². The number of aromatic nitrogens is 1. The van der Waals surface area contributed by atoms with Gasteiger partial charge in [0.1, 0.15) is 0 Å². The molecule has 0 bridgehead atoms. The quantitative estimate of drug-likeness (QED) is 0.767. The molecular formula is C19H16F3NO. The minimum Gasteiger partial charge on any atom is -0.390 e. The first-order valence-corrected chi connectivity index (χ1v) is 7.57. The first kappa shape index (κ1) is 16.5. The summed E-state index contributed by atoms with van der Waals surface area (Å²) in [5.41, 5.74) is 3.16. The molecule has 1 aromatic heterocycles. The highest BCUT2D eigenvalue weighted by Crippen LogP contribution is 2.24. The molecule has 0 spiro atoms. The summed E-state index contributed by atoms with van der Waals surface area (Å²) in [6.07, 6.45) is -4.73. The van der Waals surface area contributed by atoms with Gasteiger partial charge >= 0.3 is 6.18 Å². The molecule has 0 radical (unpaired) electrons. The molecule has 0 aliphatic carbocycles. The Morgan fingerprint density at radius 1 is 0.917 bits per heavy atom. The van der Waals surface area contributed by atoms with Crippen molar-refractivity contribution in [3.05, 3.63) is 77.0 Å². The molecule has 3 aromatic rings. The fourth-order valence-corrected chi connectivity index (χ4v) is 2.79. The standard InChI is InChI=1S/C19H16F3NO/c20-19(21,22)11-14-5-3-4-13(8-14)9-16-10-15-6-1-2-7-17(15)23-18(16)12-24/h1-8,10,24H,9,11-12H2. The van der Waals surface area contributed by atoms with E-state index in [2.05, 4.69) is 4.98 Å².